The van der Waals surface area contributed by atoms with Crippen molar-refractivity contribution in [2.75, 3.05) is 19.7 Å². The molecule has 0 aromatic rings. The molecule has 42 heavy (non-hydrogen) atoms. The molecule has 242 valence electrons. The lowest BCUT2D eigenvalue weighted by Gasteiger charge is -2.48. The Morgan fingerprint density at radius 3 is 2.14 bits per heavy atom. The van der Waals surface area contributed by atoms with Crippen molar-refractivity contribution in [3.8, 4) is 0 Å². The summed E-state index contributed by atoms with van der Waals surface area (Å²) in [6, 6.07) is -1.37. The summed E-state index contributed by atoms with van der Waals surface area (Å²) in [5.74, 6) is -0.993. The van der Waals surface area contributed by atoms with Gasteiger partial charge in [-0.2, -0.15) is 0 Å². The first kappa shape index (κ1) is 34.6. The second kappa shape index (κ2) is 15.2. The number of hydrogen-bond acceptors (Lipinski definition) is 18. The van der Waals surface area contributed by atoms with Gasteiger partial charge in [-0.1, -0.05) is 5.11 Å². The van der Waals surface area contributed by atoms with Crippen molar-refractivity contribution in [3.63, 3.8) is 0 Å². The van der Waals surface area contributed by atoms with Gasteiger partial charge in [-0.25, -0.2) is 0 Å². The quantitative estimate of drug-likeness (QED) is 0.0584. The molecule has 1 amide bonds. The highest BCUT2D eigenvalue weighted by molar-refractivity contribution is 5.80. The summed E-state index contributed by atoms with van der Waals surface area (Å²) < 4.78 is 27.7. The van der Waals surface area contributed by atoms with E-state index < -0.39 is 117 Å². The lowest BCUT2D eigenvalue weighted by atomic mass is 9.96. The number of nitrogens with zero attached hydrogens (tertiary/aromatic N) is 3. The van der Waals surface area contributed by atoms with Gasteiger partial charge in [-0.05, 0) is 18.5 Å². The van der Waals surface area contributed by atoms with Gasteiger partial charge >= 0.3 is 0 Å². The summed E-state index contributed by atoms with van der Waals surface area (Å²) in [5.41, 5.74) is 25.8. The van der Waals surface area contributed by atoms with Crippen LogP contribution in [0, 0.1) is 0 Å². The summed E-state index contributed by atoms with van der Waals surface area (Å²) in [6.07, 6.45) is -25.0. The molecule has 0 aromatic carbocycles. The molecule has 3 rings (SSSR count). The maximum atomic E-state index is 12.5. The van der Waals surface area contributed by atoms with Crippen LogP contribution in [-0.4, -0.2) is 165 Å². The molecule has 3 aliphatic heterocycles. The highest BCUT2D eigenvalue weighted by Crippen LogP contribution is 2.31. The number of carbonyl (C=O) groups excluding carboxylic acids is 1. The third-order valence-corrected chi connectivity index (χ3v) is 7.14. The Labute approximate surface area is 238 Å². The van der Waals surface area contributed by atoms with E-state index in [0.29, 0.717) is 0 Å². The smallest absolute Gasteiger partial charge is 0.250 e. The maximum absolute atomic E-state index is 12.5. The number of rotatable bonds is 11. The van der Waals surface area contributed by atoms with E-state index in [9.17, 15) is 45.6 Å². The van der Waals surface area contributed by atoms with Gasteiger partial charge in [0.1, 0.15) is 67.3 Å². The third-order valence-electron chi connectivity index (χ3n) is 7.14. The average Bonchev–Trinajstić information content (AvgIpc) is 2.96. The van der Waals surface area contributed by atoms with Crippen LogP contribution in [0.1, 0.15) is 6.42 Å². The summed E-state index contributed by atoms with van der Waals surface area (Å²) in [7, 11) is 0. The molecule has 0 aromatic heterocycles. The molecule has 21 nitrogen and oxygen atoms in total. The Balaban J connectivity index is 1.86. The molecule has 21 heteroatoms. The Kier molecular flexibility index (Phi) is 12.6. The van der Waals surface area contributed by atoms with Crippen molar-refractivity contribution < 1.29 is 69.3 Å². The van der Waals surface area contributed by atoms with Crippen LogP contribution in [0.2, 0.25) is 0 Å². The molecule has 3 fully saturated rings. The molecule has 0 radical (unpaired) electrons. The minimum absolute atomic E-state index is 0.0477. The molecule has 3 aliphatic rings. The standard InChI is InChI=1S/C21H39N7O14/c22-2-1-5(30)18(37)27-19-16(41-20-11(33)8(23)9(31)7(4-29)39-20)14(36)15(17(24)42-19)40-21-13(35)12(34)10(32)6(38-21)3-26-28-25/h5-17,19-21,29-36H,1-4,22-24H2,(H,27,37)/t5-,6?,7?,8-,9+,10+,11?,12-,13?,14-,15-,16?,17?,19+,20+,21+/m0/s1. The van der Waals surface area contributed by atoms with Crippen molar-refractivity contribution in [2.24, 2.45) is 22.3 Å². The molecule has 3 heterocycles. The van der Waals surface area contributed by atoms with E-state index in [4.69, 9.17) is 46.4 Å². The van der Waals surface area contributed by atoms with Crippen LogP contribution in [0.25, 0.3) is 10.4 Å². The number of hydrogen-bond donors (Lipinski definition) is 12. The topological polar surface area (TPSA) is 364 Å². The van der Waals surface area contributed by atoms with E-state index in [0.717, 1.165) is 0 Å². The minimum atomic E-state index is -1.90. The Morgan fingerprint density at radius 2 is 1.52 bits per heavy atom. The van der Waals surface area contributed by atoms with Crippen LogP contribution >= 0.6 is 0 Å². The van der Waals surface area contributed by atoms with Crippen LogP contribution in [-0.2, 0) is 28.5 Å². The van der Waals surface area contributed by atoms with Gasteiger partial charge in [0.05, 0.1) is 25.3 Å². The van der Waals surface area contributed by atoms with E-state index in [1.807, 2.05) is 0 Å². The van der Waals surface area contributed by atoms with Crippen molar-refractivity contribution >= 4 is 5.91 Å². The summed E-state index contributed by atoms with van der Waals surface area (Å²) in [4.78, 5) is 15.1. The number of ether oxygens (including phenoxy) is 5. The molecule has 0 spiro atoms. The van der Waals surface area contributed by atoms with Crippen molar-refractivity contribution in [1.29, 1.82) is 0 Å². The fourth-order valence-electron chi connectivity index (χ4n) is 4.67. The van der Waals surface area contributed by atoms with E-state index >= 15 is 0 Å². The first-order valence-electron chi connectivity index (χ1n) is 13.0. The highest BCUT2D eigenvalue weighted by Gasteiger charge is 2.53. The van der Waals surface area contributed by atoms with Gasteiger partial charge in [0.25, 0.3) is 5.91 Å². The van der Waals surface area contributed by atoms with Crippen LogP contribution in [0.4, 0.5) is 0 Å². The molecular formula is C21H39N7O14. The van der Waals surface area contributed by atoms with Gasteiger partial charge in [0.15, 0.2) is 18.8 Å². The number of carbonyl (C=O) groups is 1. The zero-order valence-electron chi connectivity index (χ0n) is 22.2. The van der Waals surface area contributed by atoms with Crippen molar-refractivity contribution in [2.45, 2.75) is 105 Å². The zero-order chi connectivity index (χ0) is 31.3. The average molecular weight is 614 g/mol. The monoisotopic (exact) mass is 613 g/mol. The highest BCUT2D eigenvalue weighted by atomic mass is 16.7. The van der Waals surface area contributed by atoms with Crippen molar-refractivity contribution in [3.05, 3.63) is 10.4 Å². The molecule has 0 bridgehead atoms. The molecule has 3 saturated heterocycles. The zero-order valence-corrected chi connectivity index (χ0v) is 22.2. The molecule has 6 unspecified atom stereocenters. The first-order chi connectivity index (χ1) is 19.9. The molecule has 0 saturated carbocycles. The number of azide groups is 1. The normalized spacial score (nSPS) is 45.1. The van der Waals surface area contributed by atoms with Crippen LogP contribution in [0.3, 0.4) is 0 Å². The predicted molar refractivity (Wildman–Crippen MR) is 133 cm³/mol. The first-order valence-corrected chi connectivity index (χ1v) is 13.0. The second-order valence-electron chi connectivity index (χ2n) is 10.0. The van der Waals surface area contributed by atoms with E-state index in [2.05, 4.69) is 15.3 Å². The fraction of sp³-hybridized carbons (Fsp3) is 0.952. The number of aliphatic hydroxyl groups is 8. The maximum Gasteiger partial charge on any atom is 0.250 e. The Hall–Kier alpha value is -1.86. The van der Waals surface area contributed by atoms with E-state index in [1.165, 1.54) is 0 Å². The predicted octanol–water partition coefficient (Wildman–Crippen LogP) is -7.53. The van der Waals surface area contributed by atoms with Crippen LogP contribution < -0.4 is 22.5 Å². The number of amides is 1. The molecule has 15 N–H and O–H groups in total. The van der Waals surface area contributed by atoms with E-state index in [1.54, 1.807) is 0 Å². The van der Waals surface area contributed by atoms with Crippen LogP contribution in [0.5, 0.6) is 0 Å². The number of aliphatic hydroxyl groups excluding tert-OH is 8. The lowest BCUT2D eigenvalue weighted by Crippen LogP contribution is -2.70. The minimum Gasteiger partial charge on any atom is -0.394 e. The van der Waals surface area contributed by atoms with Crippen molar-refractivity contribution in [1.82, 2.24) is 5.32 Å². The molecule has 16 atom stereocenters. The Morgan fingerprint density at radius 1 is 0.905 bits per heavy atom. The molecular weight excluding hydrogens is 574 g/mol. The SMILES string of the molecule is [N-]=[N+]=NCC1O[C@H](O[C@@H]2C(N)O[C@@H](NC(=O)[C@@H](O)CCN)C(O[C@H]3OC(CO)[C@@H](O)[C@H](N)C3O)[C@H]2O)C(O)[C@@H](O)[C@@H]1O. The number of nitrogens with two attached hydrogens (primary N) is 3. The van der Waals surface area contributed by atoms with Gasteiger partial charge in [0.2, 0.25) is 0 Å². The van der Waals surface area contributed by atoms with Gasteiger partial charge < -0.3 is 87.1 Å². The van der Waals surface area contributed by atoms with Crippen LogP contribution in [0.15, 0.2) is 5.11 Å². The fourth-order valence-corrected chi connectivity index (χ4v) is 4.67. The van der Waals surface area contributed by atoms with E-state index in [-0.39, 0.29) is 13.0 Å². The number of nitrogens with one attached hydrogen (secondary N) is 1. The van der Waals surface area contributed by atoms with Gasteiger partial charge in [-0.3, -0.25) is 4.79 Å². The molecule has 0 aliphatic carbocycles. The Bertz CT molecular complexity index is 934. The van der Waals surface area contributed by atoms with Gasteiger partial charge in [-0.15, -0.1) is 0 Å². The lowest BCUT2D eigenvalue weighted by molar-refractivity contribution is -0.358. The third kappa shape index (κ3) is 7.61. The summed E-state index contributed by atoms with van der Waals surface area (Å²) >= 11 is 0. The largest absolute Gasteiger partial charge is 0.394 e. The summed E-state index contributed by atoms with van der Waals surface area (Å²) in [5, 5.41) is 88.0. The second-order valence-corrected chi connectivity index (χ2v) is 10.0. The summed E-state index contributed by atoms with van der Waals surface area (Å²) in [6.45, 7) is -1.24. The van der Waals surface area contributed by atoms with Gasteiger partial charge in [0, 0.05) is 4.91 Å².